The monoisotopic (exact) mass is 292 g/mol. The normalized spacial score (nSPS) is 10.8. The van der Waals surface area contributed by atoms with E-state index in [0.717, 1.165) is 5.75 Å². The first-order chi connectivity index (χ1) is 8.84. The molecule has 4 heteroatoms. The molecule has 0 radical (unpaired) electrons. The van der Waals surface area contributed by atoms with Crippen molar-refractivity contribution in [3.8, 4) is 0 Å². The highest BCUT2D eigenvalue weighted by Crippen LogP contribution is 2.12. The van der Waals surface area contributed by atoms with E-state index in [-0.39, 0.29) is 12.4 Å². The van der Waals surface area contributed by atoms with E-state index < -0.39 is 0 Å². The van der Waals surface area contributed by atoms with E-state index >= 15 is 0 Å². The van der Waals surface area contributed by atoms with Crippen molar-refractivity contribution in [2.24, 2.45) is 10.7 Å². The van der Waals surface area contributed by atoms with Crippen molar-refractivity contribution >= 4 is 29.3 Å². The molecule has 2 N–H and O–H groups in total. The summed E-state index contributed by atoms with van der Waals surface area (Å²) in [4.78, 5) is 4.37. The third-order valence-corrected chi connectivity index (χ3v) is 3.39. The van der Waals surface area contributed by atoms with E-state index in [9.17, 15) is 0 Å². The number of aliphatic imine (C=N–C) groups is 1. The SMILES string of the molecule is Cl.NC(=NCc1ccccc1)SCc1ccccc1. The van der Waals surface area contributed by atoms with Crippen LogP contribution >= 0.6 is 24.2 Å². The van der Waals surface area contributed by atoms with E-state index in [4.69, 9.17) is 5.73 Å². The van der Waals surface area contributed by atoms with Crippen LogP contribution in [0.1, 0.15) is 11.1 Å². The van der Waals surface area contributed by atoms with Gasteiger partial charge in [0.05, 0.1) is 6.54 Å². The zero-order valence-corrected chi connectivity index (χ0v) is 12.2. The summed E-state index contributed by atoms with van der Waals surface area (Å²) >= 11 is 1.58. The molecule has 0 atom stereocenters. The van der Waals surface area contributed by atoms with Crippen LogP contribution in [-0.4, -0.2) is 5.17 Å². The Labute approximate surface area is 124 Å². The predicted molar refractivity (Wildman–Crippen MR) is 86.8 cm³/mol. The van der Waals surface area contributed by atoms with Crippen LogP contribution in [0.3, 0.4) is 0 Å². The number of halogens is 1. The summed E-state index contributed by atoms with van der Waals surface area (Å²) in [5.41, 5.74) is 8.33. The second kappa shape index (κ2) is 8.62. The summed E-state index contributed by atoms with van der Waals surface area (Å²) < 4.78 is 0. The van der Waals surface area contributed by atoms with Crippen molar-refractivity contribution in [1.82, 2.24) is 0 Å². The second-order valence-electron chi connectivity index (χ2n) is 3.91. The maximum Gasteiger partial charge on any atom is 0.154 e. The Morgan fingerprint density at radius 2 is 1.42 bits per heavy atom. The standard InChI is InChI=1S/C15H16N2S.ClH/c16-15(17-11-13-7-3-1-4-8-13)18-12-14-9-5-2-6-10-14;/h1-10H,11-12H2,(H2,16,17);1H. The lowest BCUT2D eigenvalue weighted by molar-refractivity contribution is 1.07. The number of nitrogens with zero attached hydrogens (tertiary/aromatic N) is 1. The number of benzene rings is 2. The minimum atomic E-state index is 0. The number of hydrogen-bond donors (Lipinski definition) is 1. The molecule has 100 valence electrons. The largest absolute Gasteiger partial charge is 0.379 e. The van der Waals surface area contributed by atoms with Gasteiger partial charge in [-0.1, -0.05) is 72.4 Å². The Morgan fingerprint density at radius 3 is 2.00 bits per heavy atom. The van der Waals surface area contributed by atoms with E-state index in [2.05, 4.69) is 29.3 Å². The van der Waals surface area contributed by atoms with Crippen molar-refractivity contribution in [3.05, 3.63) is 71.8 Å². The lowest BCUT2D eigenvalue weighted by Gasteiger charge is -2.01. The lowest BCUT2D eigenvalue weighted by atomic mass is 10.2. The molecule has 0 heterocycles. The highest BCUT2D eigenvalue weighted by molar-refractivity contribution is 8.13. The van der Waals surface area contributed by atoms with E-state index in [1.54, 1.807) is 11.8 Å². The van der Waals surface area contributed by atoms with Gasteiger partial charge in [0.2, 0.25) is 0 Å². The zero-order chi connectivity index (χ0) is 12.6. The van der Waals surface area contributed by atoms with Crippen LogP contribution in [0.25, 0.3) is 0 Å². The van der Waals surface area contributed by atoms with Gasteiger partial charge in [-0.05, 0) is 11.1 Å². The molecule has 2 nitrogen and oxygen atoms in total. The van der Waals surface area contributed by atoms with E-state index in [0.29, 0.717) is 11.7 Å². The van der Waals surface area contributed by atoms with Gasteiger partial charge in [0, 0.05) is 5.75 Å². The first-order valence-electron chi connectivity index (χ1n) is 5.85. The molecule has 0 amide bonds. The van der Waals surface area contributed by atoms with Gasteiger partial charge >= 0.3 is 0 Å². The van der Waals surface area contributed by atoms with Crippen molar-refractivity contribution in [1.29, 1.82) is 0 Å². The van der Waals surface area contributed by atoms with Gasteiger partial charge in [-0.25, -0.2) is 0 Å². The first kappa shape index (κ1) is 15.6. The van der Waals surface area contributed by atoms with Crippen LogP contribution in [0.15, 0.2) is 65.7 Å². The predicted octanol–water partition coefficient (Wildman–Crippen LogP) is 3.86. The van der Waals surface area contributed by atoms with Crippen molar-refractivity contribution in [3.63, 3.8) is 0 Å². The molecule has 2 aromatic rings. The van der Waals surface area contributed by atoms with Gasteiger partial charge in [-0.3, -0.25) is 4.99 Å². The topological polar surface area (TPSA) is 38.4 Å². The van der Waals surface area contributed by atoms with Gasteiger partial charge in [-0.2, -0.15) is 0 Å². The Bertz CT molecular complexity index is 500. The summed E-state index contributed by atoms with van der Waals surface area (Å²) in [6, 6.07) is 20.4. The number of thioether (sulfide) groups is 1. The Hall–Kier alpha value is -1.45. The molecule has 0 spiro atoms. The smallest absolute Gasteiger partial charge is 0.154 e. The van der Waals surface area contributed by atoms with Crippen LogP contribution in [0.4, 0.5) is 0 Å². The highest BCUT2D eigenvalue weighted by atomic mass is 35.5. The molecular weight excluding hydrogens is 276 g/mol. The molecule has 0 aliphatic rings. The Kier molecular flexibility index (Phi) is 7.08. The fourth-order valence-electron chi connectivity index (χ4n) is 1.53. The maximum atomic E-state index is 5.88. The molecule has 0 bridgehead atoms. The summed E-state index contributed by atoms with van der Waals surface area (Å²) in [7, 11) is 0. The summed E-state index contributed by atoms with van der Waals surface area (Å²) in [6.45, 7) is 0.647. The van der Waals surface area contributed by atoms with Gasteiger partial charge in [0.15, 0.2) is 5.17 Å². The Morgan fingerprint density at radius 1 is 0.895 bits per heavy atom. The molecule has 0 aliphatic carbocycles. The summed E-state index contributed by atoms with van der Waals surface area (Å²) in [5, 5.41) is 0.641. The molecule has 0 unspecified atom stereocenters. The molecule has 19 heavy (non-hydrogen) atoms. The van der Waals surface area contributed by atoms with E-state index in [1.165, 1.54) is 11.1 Å². The van der Waals surface area contributed by atoms with Crippen LogP contribution in [-0.2, 0) is 12.3 Å². The third-order valence-electron chi connectivity index (χ3n) is 2.49. The van der Waals surface area contributed by atoms with Crippen LogP contribution in [0, 0.1) is 0 Å². The molecule has 0 aliphatic heterocycles. The maximum absolute atomic E-state index is 5.88. The summed E-state index contributed by atoms with van der Waals surface area (Å²) in [6.07, 6.45) is 0. The number of rotatable bonds is 4. The number of amidine groups is 1. The van der Waals surface area contributed by atoms with Crippen LogP contribution in [0.2, 0.25) is 0 Å². The molecular formula is C15H17ClN2S. The molecule has 2 rings (SSSR count). The number of nitrogens with two attached hydrogens (primary N) is 1. The quantitative estimate of drug-likeness (QED) is 0.686. The van der Waals surface area contributed by atoms with Crippen molar-refractivity contribution in [2.45, 2.75) is 12.3 Å². The van der Waals surface area contributed by atoms with Crippen molar-refractivity contribution < 1.29 is 0 Å². The van der Waals surface area contributed by atoms with Gasteiger partial charge < -0.3 is 5.73 Å². The fraction of sp³-hybridized carbons (Fsp3) is 0.133. The van der Waals surface area contributed by atoms with Crippen LogP contribution < -0.4 is 5.73 Å². The third kappa shape index (κ3) is 5.81. The molecule has 2 aromatic carbocycles. The minimum Gasteiger partial charge on any atom is -0.379 e. The summed E-state index contributed by atoms with van der Waals surface area (Å²) in [5.74, 6) is 0.866. The molecule has 0 saturated carbocycles. The average Bonchev–Trinajstić information content (AvgIpc) is 2.45. The van der Waals surface area contributed by atoms with Crippen molar-refractivity contribution in [2.75, 3.05) is 0 Å². The second-order valence-corrected chi connectivity index (χ2v) is 4.91. The lowest BCUT2D eigenvalue weighted by Crippen LogP contribution is -2.07. The first-order valence-corrected chi connectivity index (χ1v) is 6.84. The van der Waals surface area contributed by atoms with Gasteiger partial charge in [0.25, 0.3) is 0 Å². The molecule has 0 aromatic heterocycles. The zero-order valence-electron chi connectivity index (χ0n) is 10.5. The Balaban J connectivity index is 0.00000180. The fourth-order valence-corrected chi connectivity index (χ4v) is 2.19. The van der Waals surface area contributed by atoms with Gasteiger partial charge in [0.1, 0.15) is 0 Å². The van der Waals surface area contributed by atoms with E-state index in [1.807, 2.05) is 36.4 Å². The minimum absolute atomic E-state index is 0. The average molecular weight is 293 g/mol. The number of hydrogen-bond acceptors (Lipinski definition) is 2. The molecule has 0 saturated heterocycles. The molecule has 0 fully saturated rings. The highest BCUT2D eigenvalue weighted by Gasteiger charge is 1.96. The van der Waals surface area contributed by atoms with Crippen LogP contribution in [0.5, 0.6) is 0 Å². The van der Waals surface area contributed by atoms with Gasteiger partial charge in [-0.15, -0.1) is 12.4 Å².